The Morgan fingerprint density at radius 2 is 1.95 bits per heavy atom. The molecule has 114 valence electrons. The predicted octanol–water partition coefficient (Wildman–Crippen LogP) is 2.03. The molecular weight excluding hydrogens is 289 g/mol. The summed E-state index contributed by atoms with van der Waals surface area (Å²) in [5.41, 5.74) is -1.28. The normalized spacial score (nSPS) is 15.9. The Morgan fingerprint density at radius 3 is 2.48 bits per heavy atom. The van der Waals surface area contributed by atoms with Gasteiger partial charge in [0.1, 0.15) is 11.5 Å². The Bertz CT molecular complexity index is 566. The van der Waals surface area contributed by atoms with Gasteiger partial charge in [0.25, 0.3) is 0 Å². The first-order chi connectivity index (χ1) is 9.80. The third-order valence-electron chi connectivity index (χ3n) is 3.06. The second-order valence-corrected chi connectivity index (χ2v) is 4.45. The fraction of sp³-hybridized carbons (Fsp3) is 0.385. The minimum Gasteiger partial charge on any atom is -0.478 e. The highest BCUT2D eigenvalue weighted by Crippen LogP contribution is 2.33. The second-order valence-electron chi connectivity index (χ2n) is 4.45. The minimum absolute atomic E-state index is 0.0273. The van der Waals surface area contributed by atoms with Gasteiger partial charge in [-0.3, -0.25) is 0 Å². The standard InChI is InChI=1S/C13H13F3N2O3/c1-8(12(19)20)9-2-3-10(13(14,15)16)17-11(9)18-4-6-21-7-5-18/h2-3H,1,4-7H2,(H,19,20). The van der Waals surface area contributed by atoms with Crippen LogP contribution >= 0.6 is 0 Å². The van der Waals surface area contributed by atoms with Gasteiger partial charge in [0.05, 0.1) is 18.8 Å². The molecule has 5 nitrogen and oxygen atoms in total. The molecule has 1 saturated heterocycles. The topological polar surface area (TPSA) is 62.7 Å². The first-order valence-electron chi connectivity index (χ1n) is 6.14. The number of halogens is 3. The molecule has 0 bridgehead atoms. The van der Waals surface area contributed by atoms with Crippen molar-refractivity contribution in [1.82, 2.24) is 4.98 Å². The van der Waals surface area contributed by atoms with Crippen LogP contribution in [0, 0.1) is 0 Å². The van der Waals surface area contributed by atoms with Gasteiger partial charge in [-0.1, -0.05) is 6.58 Å². The van der Waals surface area contributed by atoms with Crippen molar-refractivity contribution in [3.05, 3.63) is 30.0 Å². The number of aromatic nitrogens is 1. The van der Waals surface area contributed by atoms with Gasteiger partial charge in [0, 0.05) is 18.7 Å². The molecule has 0 atom stereocenters. The van der Waals surface area contributed by atoms with Crippen molar-refractivity contribution in [3.8, 4) is 0 Å². The number of nitrogens with zero attached hydrogens (tertiary/aromatic N) is 2. The zero-order valence-electron chi connectivity index (χ0n) is 11.0. The summed E-state index contributed by atoms with van der Waals surface area (Å²) in [5, 5.41) is 8.99. The first kappa shape index (κ1) is 15.3. The molecular formula is C13H13F3N2O3. The Hall–Kier alpha value is -2.09. The molecule has 0 aliphatic carbocycles. The Balaban J connectivity index is 2.49. The number of anilines is 1. The summed E-state index contributed by atoms with van der Waals surface area (Å²) in [6.07, 6.45) is -4.59. The van der Waals surface area contributed by atoms with E-state index in [-0.39, 0.29) is 17.0 Å². The average molecular weight is 302 g/mol. The van der Waals surface area contributed by atoms with E-state index in [0.717, 1.165) is 12.1 Å². The summed E-state index contributed by atoms with van der Waals surface area (Å²) >= 11 is 0. The summed E-state index contributed by atoms with van der Waals surface area (Å²) in [5.74, 6) is -1.33. The van der Waals surface area contributed by atoms with Crippen molar-refractivity contribution >= 4 is 17.4 Å². The molecule has 1 N–H and O–H groups in total. The molecule has 0 spiro atoms. The number of alkyl halides is 3. The average Bonchev–Trinajstić information content (AvgIpc) is 2.45. The van der Waals surface area contributed by atoms with Crippen LogP contribution in [-0.4, -0.2) is 42.4 Å². The van der Waals surface area contributed by atoms with Crippen molar-refractivity contribution in [3.63, 3.8) is 0 Å². The SMILES string of the molecule is C=C(C(=O)O)c1ccc(C(F)(F)F)nc1N1CCOCC1. The van der Waals surface area contributed by atoms with Gasteiger partial charge in [-0.25, -0.2) is 9.78 Å². The third-order valence-corrected chi connectivity index (χ3v) is 3.06. The largest absolute Gasteiger partial charge is 0.478 e. The molecule has 0 aromatic carbocycles. The van der Waals surface area contributed by atoms with Gasteiger partial charge in [-0.2, -0.15) is 13.2 Å². The van der Waals surface area contributed by atoms with Crippen LogP contribution in [0.5, 0.6) is 0 Å². The number of aliphatic carboxylic acids is 1. The monoisotopic (exact) mass is 302 g/mol. The molecule has 21 heavy (non-hydrogen) atoms. The molecule has 1 aliphatic rings. The lowest BCUT2D eigenvalue weighted by Crippen LogP contribution is -2.37. The van der Waals surface area contributed by atoms with Gasteiger partial charge in [0.15, 0.2) is 0 Å². The zero-order valence-corrected chi connectivity index (χ0v) is 11.0. The minimum atomic E-state index is -4.59. The van der Waals surface area contributed by atoms with E-state index in [1.807, 2.05) is 0 Å². The van der Waals surface area contributed by atoms with E-state index in [2.05, 4.69) is 11.6 Å². The van der Waals surface area contributed by atoms with Crippen LogP contribution in [0.1, 0.15) is 11.3 Å². The van der Waals surface area contributed by atoms with Crippen LogP contribution in [0.2, 0.25) is 0 Å². The van der Waals surface area contributed by atoms with Crippen molar-refractivity contribution in [2.75, 3.05) is 31.2 Å². The van der Waals surface area contributed by atoms with Crippen LogP contribution in [-0.2, 0) is 15.7 Å². The van der Waals surface area contributed by atoms with Gasteiger partial charge in [0.2, 0.25) is 0 Å². The highest BCUT2D eigenvalue weighted by Gasteiger charge is 2.34. The maximum atomic E-state index is 12.8. The van der Waals surface area contributed by atoms with Crippen LogP contribution in [0.4, 0.5) is 19.0 Å². The van der Waals surface area contributed by atoms with Crippen LogP contribution in [0.25, 0.3) is 5.57 Å². The smallest absolute Gasteiger partial charge is 0.433 e. The molecule has 8 heteroatoms. The van der Waals surface area contributed by atoms with E-state index in [1.54, 1.807) is 4.90 Å². The Labute approximate surface area is 118 Å². The van der Waals surface area contributed by atoms with E-state index < -0.39 is 17.8 Å². The predicted molar refractivity (Wildman–Crippen MR) is 68.9 cm³/mol. The Kier molecular flexibility index (Phi) is 4.17. The zero-order chi connectivity index (χ0) is 15.6. The maximum absolute atomic E-state index is 12.8. The molecule has 0 amide bonds. The molecule has 1 aromatic rings. The number of ether oxygens (including phenoxy) is 1. The molecule has 1 aliphatic heterocycles. The molecule has 2 heterocycles. The highest BCUT2D eigenvalue weighted by atomic mass is 19.4. The first-order valence-corrected chi connectivity index (χ1v) is 6.14. The van der Waals surface area contributed by atoms with E-state index in [9.17, 15) is 18.0 Å². The molecule has 2 rings (SSSR count). The van der Waals surface area contributed by atoms with E-state index in [1.165, 1.54) is 0 Å². The number of hydrogen-bond acceptors (Lipinski definition) is 4. The van der Waals surface area contributed by atoms with Crippen LogP contribution < -0.4 is 4.90 Å². The van der Waals surface area contributed by atoms with Crippen molar-refractivity contribution < 1.29 is 27.8 Å². The fourth-order valence-corrected chi connectivity index (χ4v) is 1.97. The van der Waals surface area contributed by atoms with Gasteiger partial charge >= 0.3 is 12.1 Å². The highest BCUT2D eigenvalue weighted by molar-refractivity contribution is 6.16. The van der Waals surface area contributed by atoms with Gasteiger partial charge in [-0.15, -0.1) is 0 Å². The maximum Gasteiger partial charge on any atom is 0.433 e. The molecule has 0 radical (unpaired) electrons. The molecule has 1 aromatic heterocycles. The molecule has 1 fully saturated rings. The van der Waals surface area contributed by atoms with E-state index in [4.69, 9.17) is 9.84 Å². The fourth-order valence-electron chi connectivity index (χ4n) is 1.97. The number of carboxylic acid groups (broad SMARTS) is 1. The molecule has 0 saturated carbocycles. The third kappa shape index (κ3) is 3.33. The number of carbonyl (C=O) groups is 1. The Morgan fingerprint density at radius 1 is 1.33 bits per heavy atom. The van der Waals surface area contributed by atoms with Crippen LogP contribution in [0.3, 0.4) is 0 Å². The second kappa shape index (κ2) is 5.72. The number of hydrogen-bond donors (Lipinski definition) is 1. The lowest BCUT2D eigenvalue weighted by atomic mass is 10.1. The summed E-state index contributed by atoms with van der Waals surface area (Å²) in [4.78, 5) is 16.2. The van der Waals surface area contributed by atoms with Gasteiger partial charge in [-0.05, 0) is 12.1 Å². The van der Waals surface area contributed by atoms with E-state index in [0.29, 0.717) is 26.3 Å². The van der Waals surface area contributed by atoms with E-state index >= 15 is 0 Å². The number of rotatable bonds is 3. The number of morpholine rings is 1. The van der Waals surface area contributed by atoms with Crippen molar-refractivity contribution in [2.45, 2.75) is 6.18 Å². The summed E-state index contributed by atoms with van der Waals surface area (Å²) < 4.78 is 43.5. The number of pyridine rings is 1. The number of carboxylic acids is 1. The lowest BCUT2D eigenvalue weighted by molar-refractivity contribution is -0.141. The van der Waals surface area contributed by atoms with Gasteiger partial charge < -0.3 is 14.7 Å². The summed E-state index contributed by atoms with van der Waals surface area (Å²) in [7, 11) is 0. The summed E-state index contributed by atoms with van der Waals surface area (Å²) in [6.45, 7) is 4.76. The van der Waals surface area contributed by atoms with Crippen LogP contribution in [0.15, 0.2) is 18.7 Å². The van der Waals surface area contributed by atoms with Crippen molar-refractivity contribution in [1.29, 1.82) is 0 Å². The quantitative estimate of drug-likeness (QED) is 0.866. The lowest BCUT2D eigenvalue weighted by Gasteiger charge is -2.30. The summed E-state index contributed by atoms with van der Waals surface area (Å²) in [6, 6.07) is 1.85. The molecule has 0 unspecified atom stereocenters. The van der Waals surface area contributed by atoms with Crippen molar-refractivity contribution in [2.24, 2.45) is 0 Å².